The van der Waals surface area contributed by atoms with Gasteiger partial charge in [0.2, 0.25) is 0 Å². The first-order valence-corrected chi connectivity index (χ1v) is 6.31. The van der Waals surface area contributed by atoms with Crippen LogP contribution in [0.5, 0.6) is 0 Å². The molecular formula is C12H22F3NO. The first-order chi connectivity index (χ1) is 7.89. The minimum Gasteiger partial charge on any atom is -0.368 e. The predicted molar refractivity (Wildman–Crippen MR) is 60.9 cm³/mol. The molecular weight excluding hydrogens is 231 g/mol. The molecule has 1 aliphatic carbocycles. The first kappa shape index (κ1) is 14.8. The quantitative estimate of drug-likeness (QED) is 0.760. The summed E-state index contributed by atoms with van der Waals surface area (Å²) in [6, 6.07) is 0.448. The van der Waals surface area contributed by atoms with Crippen molar-refractivity contribution in [2.45, 2.75) is 57.9 Å². The monoisotopic (exact) mass is 253 g/mol. The van der Waals surface area contributed by atoms with E-state index in [2.05, 4.69) is 12.2 Å². The molecule has 0 aromatic carbocycles. The van der Waals surface area contributed by atoms with Crippen molar-refractivity contribution in [3.8, 4) is 0 Å². The fraction of sp³-hybridized carbons (Fsp3) is 1.00. The predicted octanol–water partition coefficient (Wildman–Crippen LogP) is 3.12. The van der Waals surface area contributed by atoms with Crippen molar-refractivity contribution in [1.82, 2.24) is 5.32 Å². The first-order valence-electron chi connectivity index (χ1n) is 6.31. The van der Waals surface area contributed by atoms with Crippen molar-refractivity contribution >= 4 is 0 Å². The van der Waals surface area contributed by atoms with Gasteiger partial charge in [0, 0.05) is 12.6 Å². The summed E-state index contributed by atoms with van der Waals surface area (Å²) in [5, 5.41) is 3.27. The summed E-state index contributed by atoms with van der Waals surface area (Å²) in [6.45, 7) is 3.88. The van der Waals surface area contributed by atoms with Gasteiger partial charge in [-0.15, -0.1) is 0 Å². The van der Waals surface area contributed by atoms with Crippen molar-refractivity contribution in [3.05, 3.63) is 0 Å². The molecule has 102 valence electrons. The summed E-state index contributed by atoms with van der Waals surface area (Å²) < 4.78 is 41.1. The lowest BCUT2D eigenvalue weighted by molar-refractivity contribution is -0.213. The van der Waals surface area contributed by atoms with Crippen molar-refractivity contribution in [2.75, 3.05) is 13.2 Å². The van der Waals surface area contributed by atoms with E-state index in [0.29, 0.717) is 12.6 Å². The highest BCUT2D eigenvalue weighted by Crippen LogP contribution is 2.24. The molecule has 3 atom stereocenters. The summed E-state index contributed by atoms with van der Waals surface area (Å²) in [6.07, 6.45) is -1.21. The van der Waals surface area contributed by atoms with Gasteiger partial charge in [0.1, 0.15) is 0 Å². The molecule has 1 rings (SSSR count). The van der Waals surface area contributed by atoms with Gasteiger partial charge in [-0.25, -0.2) is 0 Å². The largest absolute Gasteiger partial charge is 0.414 e. The highest BCUT2D eigenvalue weighted by atomic mass is 19.4. The Bertz CT molecular complexity index is 220. The lowest BCUT2D eigenvalue weighted by Gasteiger charge is -2.27. The Morgan fingerprint density at radius 3 is 2.65 bits per heavy atom. The van der Waals surface area contributed by atoms with Gasteiger partial charge < -0.3 is 10.1 Å². The van der Waals surface area contributed by atoms with Gasteiger partial charge in [-0.1, -0.05) is 19.8 Å². The maximum absolute atomic E-state index is 12.1. The van der Waals surface area contributed by atoms with Crippen LogP contribution in [-0.4, -0.2) is 31.5 Å². The fourth-order valence-electron chi connectivity index (χ4n) is 2.21. The molecule has 0 heterocycles. The van der Waals surface area contributed by atoms with E-state index >= 15 is 0 Å². The third kappa shape index (κ3) is 5.73. The van der Waals surface area contributed by atoms with Crippen molar-refractivity contribution < 1.29 is 17.9 Å². The van der Waals surface area contributed by atoms with Gasteiger partial charge in [-0.3, -0.25) is 0 Å². The Balaban J connectivity index is 2.08. The van der Waals surface area contributed by atoms with E-state index in [-0.39, 0.29) is 6.61 Å². The summed E-state index contributed by atoms with van der Waals surface area (Å²) in [5.74, 6) is 0.719. The second-order valence-electron chi connectivity index (χ2n) is 4.98. The van der Waals surface area contributed by atoms with Gasteiger partial charge in [-0.05, 0) is 25.7 Å². The topological polar surface area (TPSA) is 21.3 Å². The van der Waals surface area contributed by atoms with E-state index in [1.807, 2.05) is 0 Å². The minimum atomic E-state index is -4.25. The third-order valence-corrected chi connectivity index (χ3v) is 3.30. The van der Waals surface area contributed by atoms with Crippen LogP contribution < -0.4 is 5.32 Å². The number of halogens is 3. The Kier molecular flexibility index (Phi) is 5.73. The number of hydrogen-bond donors (Lipinski definition) is 1. The Morgan fingerprint density at radius 1 is 1.35 bits per heavy atom. The Labute approximate surface area is 101 Å². The van der Waals surface area contributed by atoms with E-state index in [1.165, 1.54) is 12.8 Å². The summed E-state index contributed by atoms with van der Waals surface area (Å²) >= 11 is 0. The molecule has 0 aromatic rings. The van der Waals surface area contributed by atoms with Gasteiger partial charge in [-0.2, -0.15) is 13.2 Å². The van der Waals surface area contributed by atoms with Crippen LogP contribution in [0.1, 0.15) is 39.5 Å². The summed E-state index contributed by atoms with van der Waals surface area (Å²) in [7, 11) is 0. The highest BCUT2D eigenvalue weighted by molar-refractivity contribution is 4.75. The molecule has 0 bridgehead atoms. The zero-order valence-electron chi connectivity index (χ0n) is 10.5. The smallest absolute Gasteiger partial charge is 0.368 e. The maximum atomic E-state index is 12.1. The van der Waals surface area contributed by atoms with E-state index in [0.717, 1.165) is 25.7 Å². The van der Waals surface area contributed by atoms with Crippen LogP contribution in [0.2, 0.25) is 0 Å². The molecule has 5 heteroatoms. The molecule has 0 amide bonds. The van der Waals surface area contributed by atoms with Crippen molar-refractivity contribution in [2.24, 2.45) is 5.92 Å². The second kappa shape index (κ2) is 6.59. The van der Waals surface area contributed by atoms with Crippen molar-refractivity contribution in [1.29, 1.82) is 0 Å². The highest BCUT2D eigenvalue weighted by Gasteiger charge is 2.36. The minimum absolute atomic E-state index is 0.117. The van der Waals surface area contributed by atoms with Gasteiger partial charge in [0.15, 0.2) is 6.10 Å². The van der Waals surface area contributed by atoms with Crippen LogP contribution in [0, 0.1) is 5.92 Å². The summed E-state index contributed by atoms with van der Waals surface area (Å²) in [4.78, 5) is 0. The zero-order valence-corrected chi connectivity index (χ0v) is 10.5. The molecule has 3 unspecified atom stereocenters. The summed E-state index contributed by atoms with van der Waals surface area (Å²) in [5.41, 5.74) is 0. The van der Waals surface area contributed by atoms with E-state index < -0.39 is 12.3 Å². The molecule has 0 saturated heterocycles. The van der Waals surface area contributed by atoms with Crippen LogP contribution in [0.25, 0.3) is 0 Å². The number of alkyl halides is 3. The average Bonchev–Trinajstić information content (AvgIpc) is 2.23. The second-order valence-corrected chi connectivity index (χ2v) is 4.98. The number of hydrogen-bond acceptors (Lipinski definition) is 2. The molecule has 0 spiro atoms. The average molecular weight is 253 g/mol. The fourth-order valence-corrected chi connectivity index (χ4v) is 2.21. The maximum Gasteiger partial charge on any atom is 0.414 e. The van der Waals surface area contributed by atoms with Gasteiger partial charge in [0.25, 0.3) is 0 Å². The molecule has 2 nitrogen and oxygen atoms in total. The third-order valence-electron chi connectivity index (χ3n) is 3.30. The van der Waals surface area contributed by atoms with Crippen LogP contribution in [0.15, 0.2) is 0 Å². The van der Waals surface area contributed by atoms with Gasteiger partial charge >= 0.3 is 6.18 Å². The molecule has 1 N–H and O–H groups in total. The molecule has 0 radical (unpaired) electrons. The molecule has 0 aliphatic heterocycles. The molecule has 0 aromatic heterocycles. The number of nitrogens with one attached hydrogen (secondary N) is 1. The van der Waals surface area contributed by atoms with E-state index in [4.69, 9.17) is 4.74 Å². The lowest BCUT2D eigenvalue weighted by Crippen LogP contribution is -2.37. The van der Waals surface area contributed by atoms with Crippen LogP contribution in [0.3, 0.4) is 0 Å². The van der Waals surface area contributed by atoms with Crippen LogP contribution in [0.4, 0.5) is 13.2 Å². The Morgan fingerprint density at radius 2 is 2.06 bits per heavy atom. The molecule has 1 saturated carbocycles. The number of rotatable bonds is 5. The molecule has 1 aliphatic rings. The van der Waals surface area contributed by atoms with E-state index in [9.17, 15) is 13.2 Å². The standard InChI is InChI=1S/C12H22F3NO/c1-9-4-3-5-11(8-9)16-6-7-17-10(2)12(13,14)15/h9-11,16H,3-8H2,1-2H3. The van der Waals surface area contributed by atoms with Crippen molar-refractivity contribution in [3.63, 3.8) is 0 Å². The molecule has 1 fully saturated rings. The Hall–Kier alpha value is -0.290. The number of ether oxygens (including phenoxy) is 1. The SMILES string of the molecule is CC1CCCC(NCCOC(C)C(F)(F)F)C1. The van der Waals surface area contributed by atoms with Crippen LogP contribution >= 0.6 is 0 Å². The van der Waals surface area contributed by atoms with E-state index in [1.54, 1.807) is 0 Å². The molecule has 17 heavy (non-hydrogen) atoms. The van der Waals surface area contributed by atoms with Crippen LogP contribution in [-0.2, 0) is 4.74 Å². The normalized spacial score (nSPS) is 28.1. The van der Waals surface area contributed by atoms with Gasteiger partial charge in [0.05, 0.1) is 6.61 Å². The zero-order chi connectivity index (χ0) is 12.9. The lowest BCUT2D eigenvalue weighted by atomic mass is 9.87.